The van der Waals surface area contributed by atoms with Crippen LogP contribution in [0.5, 0.6) is 0 Å². The van der Waals surface area contributed by atoms with Gasteiger partial charge in [0.15, 0.2) is 0 Å². The second kappa shape index (κ2) is 5.17. The van der Waals surface area contributed by atoms with Crippen LogP contribution in [0.3, 0.4) is 0 Å². The Morgan fingerprint density at radius 1 is 1.53 bits per heavy atom. The van der Waals surface area contributed by atoms with E-state index in [0.29, 0.717) is 12.3 Å². The Balaban J connectivity index is 2.04. The molecule has 3 N–H and O–H groups in total. The number of benzene rings is 1. The zero-order valence-corrected chi connectivity index (χ0v) is 11.2. The van der Waals surface area contributed by atoms with Gasteiger partial charge in [-0.3, -0.25) is 4.79 Å². The highest BCUT2D eigenvalue weighted by atomic mass is 19.1. The molecule has 1 atom stereocenters. The average Bonchev–Trinajstić information content (AvgIpc) is 2.27. The van der Waals surface area contributed by atoms with Gasteiger partial charge in [0.2, 0.25) is 0 Å². The van der Waals surface area contributed by atoms with Crippen LogP contribution in [0, 0.1) is 5.82 Å². The van der Waals surface area contributed by atoms with Crippen LogP contribution in [0.2, 0.25) is 0 Å². The van der Waals surface area contributed by atoms with Crippen molar-refractivity contribution in [1.29, 1.82) is 0 Å². The molecule has 0 bridgehead atoms. The Bertz CT molecular complexity index is 488. The molecule has 0 spiro atoms. The smallest absolute Gasteiger partial charge is 0.254 e. The summed E-state index contributed by atoms with van der Waals surface area (Å²) in [7, 11) is 0. The van der Waals surface area contributed by atoms with Crippen molar-refractivity contribution in [3.63, 3.8) is 0 Å². The molecule has 1 aliphatic heterocycles. The van der Waals surface area contributed by atoms with E-state index in [2.05, 4.69) is 5.32 Å². The summed E-state index contributed by atoms with van der Waals surface area (Å²) in [5.74, 6) is -0.996. The third-order valence-electron chi connectivity index (χ3n) is 3.27. The minimum Gasteiger partial charge on any atom is -0.399 e. The molecule has 1 saturated heterocycles. The maximum absolute atomic E-state index is 13.6. The molecule has 19 heavy (non-hydrogen) atoms. The summed E-state index contributed by atoms with van der Waals surface area (Å²) >= 11 is 0. The number of amides is 1. The molecule has 5 heteroatoms. The van der Waals surface area contributed by atoms with Crippen molar-refractivity contribution in [2.75, 3.05) is 12.3 Å². The second-order valence-electron chi connectivity index (χ2n) is 5.51. The maximum atomic E-state index is 13.6. The lowest BCUT2D eigenvalue weighted by Crippen LogP contribution is -2.45. The van der Waals surface area contributed by atoms with Crippen LogP contribution in [-0.2, 0) is 4.74 Å². The van der Waals surface area contributed by atoms with Gasteiger partial charge in [-0.25, -0.2) is 4.39 Å². The summed E-state index contributed by atoms with van der Waals surface area (Å²) in [6.45, 7) is 4.56. The fourth-order valence-corrected chi connectivity index (χ4v) is 2.33. The Morgan fingerprint density at radius 3 is 2.89 bits per heavy atom. The standard InChI is InChI=1S/C14H19FN2O2/c1-14(2)8-10(5-6-19-14)17-13(18)11-4-3-9(16)7-12(11)15/h3-4,7,10H,5-6,8,16H2,1-2H3,(H,17,18). The van der Waals surface area contributed by atoms with E-state index in [4.69, 9.17) is 10.5 Å². The number of anilines is 1. The van der Waals surface area contributed by atoms with Crippen molar-refractivity contribution in [3.8, 4) is 0 Å². The monoisotopic (exact) mass is 266 g/mol. The molecular formula is C14H19FN2O2. The lowest BCUT2D eigenvalue weighted by atomic mass is 9.93. The highest BCUT2D eigenvalue weighted by Crippen LogP contribution is 2.24. The molecule has 1 aliphatic rings. The molecule has 1 aromatic rings. The molecule has 0 saturated carbocycles. The summed E-state index contributed by atoms with van der Waals surface area (Å²) in [5.41, 5.74) is 5.54. The number of ether oxygens (including phenoxy) is 1. The number of halogens is 1. The molecule has 104 valence electrons. The van der Waals surface area contributed by atoms with E-state index in [9.17, 15) is 9.18 Å². The number of nitrogens with two attached hydrogens (primary N) is 1. The molecule has 2 rings (SSSR count). The second-order valence-corrected chi connectivity index (χ2v) is 5.51. The molecule has 0 radical (unpaired) electrons. The van der Waals surface area contributed by atoms with Gasteiger partial charge in [0.25, 0.3) is 5.91 Å². The number of carbonyl (C=O) groups excluding carboxylic acids is 1. The lowest BCUT2D eigenvalue weighted by molar-refractivity contribution is -0.0615. The van der Waals surface area contributed by atoms with E-state index in [1.54, 1.807) is 0 Å². The maximum Gasteiger partial charge on any atom is 0.254 e. The molecule has 1 unspecified atom stereocenters. The first-order chi connectivity index (χ1) is 8.87. The van der Waals surface area contributed by atoms with E-state index in [-0.39, 0.29) is 17.2 Å². The zero-order chi connectivity index (χ0) is 14.0. The van der Waals surface area contributed by atoms with Crippen molar-refractivity contribution >= 4 is 11.6 Å². The Hall–Kier alpha value is -1.62. The van der Waals surface area contributed by atoms with Gasteiger partial charge in [-0.1, -0.05) is 0 Å². The molecule has 4 nitrogen and oxygen atoms in total. The first-order valence-corrected chi connectivity index (χ1v) is 6.37. The Labute approximate surface area is 112 Å². The fraction of sp³-hybridized carbons (Fsp3) is 0.500. The van der Waals surface area contributed by atoms with Crippen LogP contribution in [-0.4, -0.2) is 24.2 Å². The quantitative estimate of drug-likeness (QED) is 0.806. The number of hydrogen-bond acceptors (Lipinski definition) is 3. The molecule has 0 aromatic heterocycles. The number of rotatable bonds is 2. The highest BCUT2D eigenvalue weighted by molar-refractivity contribution is 5.95. The van der Waals surface area contributed by atoms with E-state index in [1.807, 2.05) is 13.8 Å². The van der Waals surface area contributed by atoms with Gasteiger partial charge in [0.1, 0.15) is 5.82 Å². The zero-order valence-electron chi connectivity index (χ0n) is 11.2. The summed E-state index contributed by atoms with van der Waals surface area (Å²) in [6, 6.07) is 4.09. The van der Waals surface area contributed by atoms with Crippen molar-refractivity contribution < 1.29 is 13.9 Å². The summed E-state index contributed by atoms with van der Waals surface area (Å²) < 4.78 is 19.2. The summed E-state index contributed by atoms with van der Waals surface area (Å²) in [6.07, 6.45) is 1.46. The van der Waals surface area contributed by atoms with Gasteiger partial charge in [-0.2, -0.15) is 0 Å². The first kappa shape index (κ1) is 13.8. The molecular weight excluding hydrogens is 247 g/mol. The number of carbonyl (C=O) groups is 1. The molecule has 0 aliphatic carbocycles. The van der Waals surface area contributed by atoms with Gasteiger partial charge in [0, 0.05) is 18.3 Å². The predicted molar refractivity (Wildman–Crippen MR) is 71.3 cm³/mol. The van der Waals surface area contributed by atoms with Crippen LogP contribution in [0.25, 0.3) is 0 Å². The summed E-state index contributed by atoms with van der Waals surface area (Å²) in [4.78, 5) is 12.0. The molecule has 1 aromatic carbocycles. The van der Waals surface area contributed by atoms with Gasteiger partial charge in [-0.05, 0) is 44.9 Å². The van der Waals surface area contributed by atoms with Crippen molar-refractivity contribution in [1.82, 2.24) is 5.32 Å². The predicted octanol–water partition coefficient (Wildman–Crippen LogP) is 2.10. The van der Waals surface area contributed by atoms with E-state index in [1.165, 1.54) is 12.1 Å². The third kappa shape index (κ3) is 3.44. The van der Waals surface area contributed by atoms with Crippen molar-refractivity contribution in [2.24, 2.45) is 0 Å². The minimum atomic E-state index is -0.594. The van der Waals surface area contributed by atoms with Gasteiger partial charge in [-0.15, -0.1) is 0 Å². The Morgan fingerprint density at radius 2 is 2.26 bits per heavy atom. The molecule has 1 amide bonds. The van der Waals surface area contributed by atoms with Gasteiger partial charge >= 0.3 is 0 Å². The van der Waals surface area contributed by atoms with Gasteiger partial charge < -0.3 is 15.8 Å². The van der Waals surface area contributed by atoms with Crippen molar-refractivity contribution in [3.05, 3.63) is 29.6 Å². The molecule has 1 heterocycles. The number of hydrogen-bond donors (Lipinski definition) is 2. The van der Waals surface area contributed by atoms with Crippen LogP contribution in [0.4, 0.5) is 10.1 Å². The van der Waals surface area contributed by atoms with Crippen LogP contribution >= 0.6 is 0 Å². The Kier molecular flexibility index (Phi) is 3.75. The minimum absolute atomic E-state index is 0.00760. The molecule has 1 fully saturated rings. The third-order valence-corrected chi connectivity index (χ3v) is 3.27. The lowest BCUT2D eigenvalue weighted by Gasteiger charge is -2.35. The van der Waals surface area contributed by atoms with E-state index < -0.39 is 11.7 Å². The van der Waals surface area contributed by atoms with Gasteiger partial charge in [0.05, 0.1) is 11.2 Å². The van der Waals surface area contributed by atoms with Crippen molar-refractivity contribution in [2.45, 2.75) is 38.3 Å². The van der Waals surface area contributed by atoms with E-state index >= 15 is 0 Å². The normalized spacial score (nSPS) is 21.9. The highest BCUT2D eigenvalue weighted by Gasteiger charge is 2.30. The SMILES string of the molecule is CC1(C)CC(NC(=O)c2ccc(N)cc2F)CCO1. The average molecular weight is 266 g/mol. The fourth-order valence-electron chi connectivity index (χ4n) is 2.33. The topological polar surface area (TPSA) is 64.4 Å². The van der Waals surface area contributed by atoms with Crippen LogP contribution in [0.15, 0.2) is 18.2 Å². The van der Waals surface area contributed by atoms with Crippen LogP contribution < -0.4 is 11.1 Å². The number of nitrogen functional groups attached to an aromatic ring is 1. The summed E-state index contributed by atoms with van der Waals surface area (Å²) in [5, 5.41) is 2.85. The van der Waals surface area contributed by atoms with E-state index in [0.717, 1.165) is 18.9 Å². The largest absolute Gasteiger partial charge is 0.399 e. The van der Waals surface area contributed by atoms with Crippen LogP contribution in [0.1, 0.15) is 37.0 Å². The first-order valence-electron chi connectivity index (χ1n) is 6.37. The number of nitrogens with one attached hydrogen (secondary N) is 1.